The van der Waals surface area contributed by atoms with E-state index >= 15 is 0 Å². The molecule has 0 aliphatic carbocycles. The first-order chi connectivity index (χ1) is 14.6. The zero-order valence-corrected chi connectivity index (χ0v) is 16.4. The van der Waals surface area contributed by atoms with E-state index in [2.05, 4.69) is 35.8 Å². The minimum Gasteiger partial charge on any atom is -0.378 e. The van der Waals surface area contributed by atoms with Gasteiger partial charge in [0.25, 0.3) is 5.91 Å². The molecule has 0 atom stereocenters. The molecule has 4 rings (SSSR count). The summed E-state index contributed by atoms with van der Waals surface area (Å²) in [4.78, 5) is 12.9. The van der Waals surface area contributed by atoms with Gasteiger partial charge in [-0.3, -0.25) is 4.79 Å². The normalized spacial score (nSPS) is 11.5. The molecule has 0 bridgehead atoms. The van der Waals surface area contributed by atoms with Gasteiger partial charge in [-0.2, -0.15) is 9.78 Å². The van der Waals surface area contributed by atoms with Gasteiger partial charge in [0, 0.05) is 16.1 Å². The largest absolute Gasteiger partial charge is 0.378 e. The average molecular weight is 423 g/mol. The maximum Gasteiger partial charge on any atom is 0.294 e. The first-order valence-corrected chi connectivity index (χ1v) is 9.13. The van der Waals surface area contributed by atoms with Crippen molar-refractivity contribution < 1.29 is 9.42 Å². The lowest BCUT2D eigenvalue weighted by Crippen LogP contribution is -2.21. The van der Waals surface area contributed by atoms with Gasteiger partial charge in [-0.1, -0.05) is 65.3 Å². The van der Waals surface area contributed by atoms with Crippen molar-refractivity contribution >= 4 is 29.0 Å². The number of carbonyl (C=O) groups is 1. The number of nitrogens with zero attached hydrogens (tertiary/aromatic N) is 6. The number of nitrogens with two attached hydrogens (primary N) is 1. The van der Waals surface area contributed by atoms with Gasteiger partial charge in [-0.05, 0) is 23.3 Å². The van der Waals surface area contributed by atoms with Crippen LogP contribution in [-0.4, -0.2) is 36.9 Å². The van der Waals surface area contributed by atoms with Crippen LogP contribution < -0.4 is 11.2 Å². The number of rotatable bonds is 5. The molecular formula is C19H15ClN8O2. The Morgan fingerprint density at radius 1 is 1.13 bits per heavy atom. The quantitative estimate of drug-likeness (QED) is 0.372. The summed E-state index contributed by atoms with van der Waals surface area (Å²) in [5.41, 5.74) is 10.6. The summed E-state index contributed by atoms with van der Waals surface area (Å²) in [5.74, 6) is -0.436. The Hall–Kier alpha value is -4.05. The number of amides is 1. The van der Waals surface area contributed by atoms with Gasteiger partial charge in [0.2, 0.25) is 11.6 Å². The number of nitrogens with one attached hydrogen (secondary N) is 1. The highest BCUT2D eigenvalue weighted by molar-refractivity contribution is 6.34. The van der Waals surface area contributed by atoms with Crippen LogP contribution in [0.4, 0.5) is 5.82 Å². The van der Waals surface area contributed by atoms with Gasteiger partial charge in [0.15, 0.2) is 5.69 Å². The third-order valence-electron chi connectivity index (χ3n) is 4.22. The van der Waals surface area contributed by atoms with Crippen molar-refractivity contribution in [1.82, 2.24) is 30.7 Å². The first-order valence-electron chi connectivity index (χ1n) is 8.75. The summed E-state index contributed by atoms with van der Waals surface area (Å²) in [7, 11) is 0. The van der Waals surface area contributed by atoms with Crippen LogP contribution in [-0.2, 0) is 0 Å². The summed E-state index contributed by atoms with van der Waals surface area (Å²) in [6.45, 7) is 1.73. The molecule has 10 nitrogen and oxygen atoms in total. The van der Waals surface area contributed by atoms with Crippen LogP contribution in [0.15, 0.2) is 64.3 Å². The molecule has 4 aromatic rings. The van der Waals surface area contributed by atoms with Gasteiger partial charge >= 0.3 is 0 Å². The molecule has 1 amide bonds. The van der Waals surface area contributed by atoms with E-state index < -0.39 is 5.91 Å². The lowest BCUT2D eigenvalue weighted by atomic mass is 10.1. The second-order valence-corrected chi connectivity index (χ2v) is 6.56. The molecule has 0 radical (unpaired) electrons. The summed E-state index contributed by atoms with van der Waals surface area (Å²) < 4.78 is 5.94. The topological polar surface area (TPSA) is 137 Å². The van der Waals surface area contributed by atoms with Crippen LogP contribution in [0.25, 0.3) is 17.1 Å². The van der Waals surface area contributed by atoms with E-state index in [0.717, 1.165) is 0 Å². The molecule has 0 saturated heterocycles. The molecule has 11 heteroatoms. The van der Waals surface area contributed by atoms with E-state index in [4.69, 9.17) is 17.3 Å². The highest BCUT2D eigenvalue weighted by Crippen LogP contribution is 2.26. The summed E-state index contributed by atoms with van der Waals surface area (Å²) in [6, 6.07) is 16.3. The molecule has 0 fully saturated rings. The van der Waals surface area contributed by atoms with Crippen LogP contribution in [0.1, 0.15) is 23.0 Å². The van der Waals surface area contributed by atoms with E-state index in [1.807, 2.05) is 30.3 Å². The predicted octanol–water partition coefficient (Wildman–Crippen LogP) is 2.71. The molecule has 0 spiro atoms. The van der Waals surface area contributed by atoms with E-state index in [1.54, 1.807) is 31.2 Å². The monoisotopic (exact) mass is 422 g/mol. The molecule has 150 valence electrons. The molecule has 2 heterocycles. The molecule has 2 aromatic heterocycles. The lowest BCUT2D eigenvalue weighted by molar-refractivity contribution is 0.0950. The second kappa shape index (κ2) is 8.13. The zero-order chi connectivity index (χ0) is 21.1. The number of hydrogen-bond donors (Lipinski definition) is 2. The third-order valence-corrected chi connectivity index (χ3v) is 4.55. The highest BCUT2D eigenvalue weighted by atomic mass is 35.5. The average Bonchev–Trinajstić information content (AvgIpc) is 3.38. The SMILES string of the molecule is C/C(=N\NC(=O)c1nnn(-c2nonc2N)c1-c1ccccc1)c1ccccc1Cl. The van der Waals surface area contributed by atoms with Gasteiger partial charge in [0.1, 0.15) is 5.69 Å². The van der Waals surface area contributed by atoms with Gasteiger partial charge in [-0.25, -0.2) is 10.1 Å². The minimum atomic E-state index is -0.568. The molecule has 30 heavy (non-hydrogen) atoms. The number of hydrazone groups is 1. The van der Waals surface area contributed by atoms with Crippen molar-refractivity contribution in [3.05, 3.63) is 70.9 Å². The lowest BCUT2D eigenvalue weighted by Gasteiger charge is -2.06. The standard InChI is InChI=1S/C19H15ClN8O2/c1-11(13-9-5-6-10-14(13)20)22-24-19(29)15-16(12-7-3-2-4-8-12)28(27-23-15)18-17(21)25-30-26-18/h2-10H,1H3,(H2,21,25)(H,24,29)/b22-11+. The Balaban J connectivity index is 1.71. The van der Waals surface area contributed by atoms with Crippen molar-refractivity contribution in [3.8, 4) is 17.1 Å². The summed E-state index contributed by atoms with van der Waals surface area (Å²) in [5, 5.41) is 20.0. The molecule has 2 aromatic carbocycles. The van der Waals surface area contributed by atoms with E-state index in [9.17, 15) is 4.79 Å². The number of benzene rings is 2. The van der Waals surface area contributed by atoms with Crippen molar-refractivity contribution in [1.29, 1.82) is 0 Å². The zero-order valence-electron chi connectivity index (χ0n) is 15.7. The molecule has 3 N–H and O–H groups in total. The fourth-order valence-electron chi connectivity index (χ4n) is 2.78. The Morgan fingerprint density at radius 2 is 1.87 bits per heavy atom. The molecule has 0 saturated carbocycles. The van der Waals surface area contributed by atoms with Crippen LogP contribution in [0.3, 0.4) is 0 Å². The fourth-order valence-corrected chi connectivity index (χ4v) is 3.05. The highest BCUT2D eigenvalue weighted by Gasteiger charge is 2.25. The maximum atomic E-state index is 12.9. The number of nitrogen functional groups attached to an aromatic ring is 1. The Kier molecular flexibility index (Phi) is 5.22. The maximum absolute atomic E-state index is 12.9. The second-order valence-electron chi connectivity index (χ2n) is 6.16. The van der Waals surface area contributed by atoms with E-state index in [-0.39, 0.29) is 17.3 Å². The van der Waals surface area contributed by atoms with Crippen molar-refractivity contribution in [2.75, 3.05) is 5.73 Å². The van der Waals surface area contributed by atoms with Crippen molar-refractivity contribution in [2.24, 2.45) is 5.10 Å². The van der Waals surface area contributed by atoms with Crippen LogP contribution in [0.2, 0.25) is 5.02 Å². The van der Waals surface area contributed by atoms with Crippen molar-refractivity contribution in [2.45, 2.75) is 6.92 Å². The summed E-state index contributed by atoms with van der Waals surface area (Å²) >= 11 is 6.18. The number of hydrogen-bond acceptors (Lipinski definition) is 8. The van der Waals surface area contributed by atoms with Crippen LogP contribution in [0, 0.1) is 0 Å². The van der Waals surface area contributed by atoms with E-state index in [1.165, 1.54) is 4.68 Å². The molecule has 0 unspecified atom stereocenters. The third kappa shape index (κ3) is 3.63. The molecule has 0 aliphatic heterocycles. The minimum absolute atomic E-state index is 0.0108. The first kappa shape index (κ1) is 19.3. The van der Waals surface area contributed by atoms with Gasteiger partial charge in [0.05, 0.1) is 5.71 Å². The Bertz CT molecular complexity index is 1230. The molecule has 0 aliphatic rings. The predicted molar refractivity (Wildman–Crippen MR) is 110 cm³/mol. The number of aromatic nitrogens is 5. The number of anilines is 1. The van der Waals surface area contributed by atoms with Crippen LogP contribution in [0.5, 0.6) is 0 Å². The van der Waals surface area contributed by atoms with E-state index in [0.29, 0.717) is 27.6 Å². The summed E-state index contributed by atoms with van der Waals surface area (Å²) in [6.07, 6.45) is 0. The Labute approximate surface area is 175 Å². The van der Waals surface area contributed by atoms with Crippen molar-refractivity contribution in [3.63, 3.8) is 0 Å². The van der Waals surface area contributed by atoms with Gasteiger partial charge < -0.3 is 5.73 Å². The van der Waals surface area contributed by atoms with Gasteiger partial charge in [-0.15, -0.1) is 5.10 Å². The number of carbonyl (C=O) groups excluding carboxylic acids is 1. The number of halogens is 1. The molecular weight excluding hydrogens is 408 g/mol. The van der Waals surface area contributed by atoms with Crippen LogP contribution >= 0.6 is 11.6 Å². The fraction of sp³-hybridized carbons (Fsp3) is 0.0526. The smallest absolute Gasteiger partial charge is 0.294 e. The Morgan fingerprint density at radius 3 is 2.57 bits per heavy atom.